The smallest absolute Gasteiger partial charge is 0.223 e. The summed E-state index contributed by atoms with van der Waals surface area (Å²) in [5, 5.41) is 2.92. The Kier molecular flexibility index (Phi) is 6.82. The molecule has 3 nitrogen and oxygen atoms in total. The lowest BCUT2D eigenvalue weighted by Crippen LogP contribution is -2.29. The molecule has 1 amide bonds. The molecule has 21 heavy (non-hydrogen) atoms. The second-order valence-corrected chi connectivity index (χ2v) is 6.07. The van der Waals surface area contributed by atoms with Gasteiger partial charge in [-0.05, 0) is 50.3 Å². The van der Waals surface area contributed by atoms with E-state index in [1.54, 1.807) is 26.0 Å². The van der Waals surface area contributed by atoms with Gasteiger partial charge in [0.15, 0.2) is 0 Å². The molecule has 0 saturated heterocycles. The van der Waals surface area contributed by atoms with E-state index in [-0.39, 0.29) is 23.7 Å². The van der Waals surface area contributed by atoms with Crippen LogP contribution in [-0.4, -0.2) is 11.9 Å². The molecule has 0 aromatic heterocycles. The van der Waals surface area contributed by atoms with Crippen LogP contribution in [0.1, 0.15) is 49.8 Å². The Morgan fingerprint density at radius 3 is 2.33 bits per heavy atom. The molecular formula is C17H27FN2O. The maximum absolute atomic E-state index is 13.5. The third-order valence-corrected chi connectivity index (χ3v) is 3.71. The Morgan fingerprint density at radius 1 is 1.24 bits per heavy atom. The van der Waals surface area contributed by atoms with Gasteiger partial charge in [0.05, 0.1) is 0 Å². The van der Waals surface area contributed by atoms with Crippen LogP contribution in [0.2, 0.25) is 0 Å². The maximum Gasteiger partial charge on any atom is 0.223 e. The van der Waals surface area contributed by atoms with E-state index < -0.39 is 0 Å². The van der Waals surface area contributed by atoms with Crippen molar-refractivity contribution < 1.29 is 9.18 Å². The number of nitrogens with two attached hydrogens (primary N) is 1. The molecule has 0 aliphatic rings. The van der Waals surface area contributed by atoms with Crippen LogP contribution in [0.4, 0.5) is 4.39 Å². The van der Waals surface area contributed by atoms with Crippen molar-refractivity contribution in [2.24, 2.45) is 11.7 Å². The highest BCUT2D eigenvalue weighted by Crippen LogP contribution is 2.15. The first-order chi connectivity index (χ1) is 9.81. The topological polar surface area (TPSA) is 55.1 Å². The van der Waals surface area contributed by atoms with Gasteiger partial charge < -0.3 is 11.1 Å². The summed E-state index contributed by atoms with van der Waals surface area (Å²) < 4.78 is 13.5. The zero-order valence-corrected chi connectivity index (χ0v) is 13.5. The largest absolute Gasteiger partial charge is 0.352 e. The number of aryl methyl sites for hydroxylation is 2. The van der Waals surface area contributed by atoms with Gasteiger partial charge in [0.25, 0.3) is 0 Å². The van der Waals surface area contributed by atoms with Crippen LogP contribution in [0.25, 0.3) is 0 Å². The van der Waals surface area contributed by atoms with Crippen LogP contribution in [-0.2, 0) is 11.3 Å². The Morgan fingerprint density at radius 2 is 1.81 bits per heavy atom. The summed E-state index contributed by atoms with van der Waals surface area (Å²) in [7, 11) is 0. The summed E-state index contributed by atoms with van der Waals surface area (Å²) in [6.07, 6.45) is 2.74. The van der Waals surface area contributed by atoms with Crippen molar-refractivity contribution in [2.75, 3.05) is 0 Å². The van der Waals surface area contributed by atoms with Gasteiger partial charge in [0, 0.05) is 18.5 Å². The fourth-order valence-corrected chi connectivity index (χ4v) is 2.38. The molecule has 0 heterocycles. The van der Waals surface area contributed by atoms with Gasteiger partial charge in [-0.15, -0.1) is 0 Å². The fraction of sp³-hybridized carbons (Fsp3) is 0.588. The van der Waals surface area contributed by atoms with E-state index in [9.17, 15) is 9.18 Å². The first-order valence-electron chi connectivity index (χ1n) is 7.60. The lowest BCUT2D eigenvalue weighted by atomic mass is 10.0. The molecule has 2 atom stereocenters. The molecule has 0 aliphatic heterocycles. The summed E-state index contributed by atoms with van der Waals surface area (Å²) in [4.78, 5) is 12.0. The summed E-state index contributed by atoms with van der Waals surface area (Å²) in [5.41, 5.74) is 7.86. The lowest BCUT2D eigenvalue weighted by molar-refractivity contribution is -0.124. The van der Waals surface area contributed by atoms with E-state index in [2.05, 4.69) is 5.32 Å². The maximum atomic E-state index is 13.5. The van der Waals surface area contributed by atoms with E-state index >= 15 is 0 Å². The van der Waals surface area contributed by atoms with E-state index in [1.807, 2.05) is 13.8 Å². The Hall–Kier alpha value is -1.42. The molecule has 0 aliphatic carbocycles. The van der Waals surface area contributed by atoms with Crippen molar-refractivity contribution in [1.82, 2.24) is 5.32 Å². The fourth-order valence-electron chi connectivity index (χ4n) is 2.38. The molecule has 1 aromatic carbocycles. The van der Waals surface area contributed by atoms with Crippen molar-refractivity contribution in [3.8, 4) is 0 Å². The van der Waals surface area contributed by atoms with Crippen LogP contribution < -0.4 is 11.1 Å². The van der Waals surface area contributed by atoms with Crippen molar-refractivity contribution in [2.45, 2.75) is 59.5 Å². The molecule has 3 N–H and O–H groups in total. The Bertz CT molecular complexity index is 463. The van der Waals surface area contributed by atoms with E-state index in [4.69, 9.17) is 5.73 Å². The van der Waals surface area contributed by atoms with Gasteiger partial charge in [-0.25, -0.2) is 4.39 Å². The van der Waals surface area contributed by atoms with Gasteiger partial charge in [0.1, 0.15) is 5.82 Å². The summed E-state index contributed by atoms with van der Waals surface area (Å²) in [6, 6.07) is 3.75. The molecule has 0 bridgehead atoms. The molecule has 4 heteroatoms. The molecule has 0 fully saturated rings. The summed E-state index contributed by atoms with van der Waals surface area (Å²) in [5.74, 6) is -0.153. The highest BCUT2D eigenvalue weighted by atomic mass is 19.1. The Labute approximate surface area is 127 Å². The number of carbonyl (C=O) groups excluding carboxylic acids is 1. The van der Waals surface area contributed by atoms with Gasteiger partial charge in [-0.1, -0.05) is 25.5 Å². The molecule has 1 aromatic rings. The van der Waals surface area contributed by atoms with Gasteiger partial charge >= 0.3 is 0 Å². The summed E-state index contributed by atoms with van der Waals surface area (Å²) in [6.45, 7) is 7.83. The first kappa shape index (κ1) is 17.6. The van der Waals surface area contributed by atoms with Crippen molar-refractivity contribution in [3.05, 3.63) is 34.6 Å². The second-order valence-electron chi connectivity index (χ2n) is 6.07. The molecule has 0 spiro atoms. The molecule has 0 saturated carbocycles. The van der Waals surface area contributed by atoms with Crippen LogP contribution in [0.15, 0.2) is 12.1 Å². The molecule has 1 rings (SSSR count). The van der Waals surface area contributed by atoms with E-state index in [0.29, 0.717) is 17.7 Å². The summed E-state index contributed by atoms with van der Waals surface area (Å²) >= 11 is 0. The third-order valence-electron chi connectivity index (χ3n) is 3.71. The zero-order chi connectivity index (χ0) is 16.0. The van der Waals surface area contributed by atoms with Crippen molar-refractivity contribution in [3.63, 3.8) is 0 Å². The highest BCUT2D eigenvalue weighted by Gasteiger charge is 2.13. The SMILES string of the molecule is Cc1cc(CNC(=O)C(C)CCCC(C)N)cc(C)c1F. The van der Waals surface area contributed by atoms with E-state index in [0.717, 1.165) is 24.8 Å². The first-order valence-corrected chi connectivity index (χ1v) is 7.60. The minimum Gasteiger partial charge on any atom is -0.352 e. The minimum absolute atomic E-state index is 0.0219. The average molecular weight is 294 g/mol. The monoisotopic (exact) mass is 294 g/mol. The van der Waals surface area contributed by atoms with Crippen molar-refractivity contribution in [1.29, 1.82) is 0 Å². The van der Waals surface area contributed by atoms with Crippen molar-refractivity contribution >= 4 is 5.91 Å². The van der Waals surface area contributed by atoms with Crippen LogP contribution in [0.5, 0.6) is 0 Å². The quantitative estimate of drug-likeness (QED) is 0.811. The number of hydrogen-bond acceptors (Lipinski definition) is 2. The molecular weight excluding hydrogens is 267 g/mol. The van der Waals surface area contributed by atoms with Crippen LogP contribution in [0, 0.1) is 25.6 Å². The van der Waals surface area contributed by atoms with Gasteiger partial charge in [-0.2, -0.15) is 0 Å². The number of amides is 1. The molecule has 0 radical (unpaired) electrons. The van der Waals surface area contributed by atoms with Crippen LogP contribution in [0.3, 0.4) is 0 Å². The van der Waals surface area contributed by atoms with Crippen LogP contribution >= 0.6 is 0 Å². The normalized spacial score (nSPS) is 13.8. The third kappa shape index (κ3) is 5.84. The predicted octanol–water partition coefficient (Wildman–Crippen LogP) is 3.21. The molecule has 2 unspecified atom stereocenters. The number of carbonyl (C=O) groups is 1. The number of benzene rings is 1. The van der Waals surface area contributed by atoms with Gasteiger partial charge in [0.2, 0.25) is 5.91 Å². The predicted molar refractivity (Wildman–Crippen MR) is 84.4 cm³/mol. The average Bonchev–Trinajstić information content (AvgIpc) is 2.41. The number of rotatable bonds is 7. The van der Waals surface area contributed by atoms with Gasteiger partial charge in [-0.3, -0.25) is 4.79 Å². The second kappa shape index (κ2) is 8.13. The Balaban J connectivity index is 2.45. The molecule has 118 valence electrons. The standard InChI is InChI=1S/C17H27FN2O/c1-11(6-5-7-14(4)19)17(21)20-10-15-8-12(2)16(18)13(3)9-15/h8-9,11,14H,5-7,10,19H2,1-4H3,(H,20,21). The number of halogens is 1. The minimum atomic E-state index is -0.172. The number of hydrogen-bond donors (Lipinski definition) is 2. The zero-order valence-electron chi connectivity index (χ0n) is 13.5. The lowest BCUT2D eigenvalue weighted by Gasteiger charge is -2.14. The van der Waals surface area contributed by atoms with E-state index in [1.165, 1.54) is 0 Å². The highest BCUT2D eigenvalue weighted by molar-refractivity contribution is 5.78. The number of nitrogens with one attached hydrogen (secondary N) is 1.